The molecule has 0 aliphatic rings. The molecule has 17 heavy (non-hydrogen) atoms. The number of para-hydroxylation sites is 1. The van der Waals surface area contributed by atoms with E-state index in [4.69, 9.17) is 4.42 Å². The second-order valence-corrected chi connectivity index (χ2v) is 3.60. The molecule has 0 amide bonds. The quantitative estimate of drug-likeness (QED) is 0.666. The Kier molecular flexibility index (Phi) is 1.98. The van der Waals surface area contributed by atoms with Gasteiger partial charge in [0, 0.05) is 5.39 Å². The minimum Gasteiger partial charge on any atom is -0.493 e. The standard InChI is InChI=1S/C12H8N2O3/c15-10-6-11(16)14-12(13-10)9-5-7-3-1-2-4-8(7)17-9/h1-6H,(H2,13,14,15,16). The van der Waals surface area contributed by atoms with Gasteiger partial charge in [-0.2, -0.15) is 4.98 Å². The number of aromatic hydroxyl groups is 1. The average Bonchev–Trinajstić information content (AvgIpc) is 2.71. The molecule has 3 rings (SSSR count). The number of hydrogen-bond donors (Lipinski definition) is 2. The Balaban J connectivity index is 2.23. The lowest BCUT2D eigenvalue weighted by molar-refractivity contribution is 0.450. The zero-order chi connectivity index (χ0) is 11.8. The number of rotatable bonds is 1. The summed E-state index contributed by atoms with van der Waals surface area (Å²) < 4.78 is 5.52. The Labute approximate surface area is 95.4 Å². The van der Waals surface area contributed by atoms with Crippen molar-refractivity contribution in [1.82, 2.24) is 9.97 Å². The zero-order valence-electron chi connectivity index (χ0n) is 8.68. The van der Waals surface area contributed by atoms with Gasteiger partial charge in [-0.25, -0.2) is 0 Å². The number of aromatic nitrogens is 2. The van der Waals surface area contributed by atoms with E-state index in [2.05, 4.69) is 9.97 Å². The fourth-order valence-electron chi connectivity index (χ4n) is 1.66. The summed E-state index contributed by atoms with van der Waals surface area (Å²) in [6.45, 7) is 0. The van der Waals surface area contributed by atoms with Gasteiger partial charge >= 0.3 is 0 Å². The normalized spacial score (nSPS) is 10.8. The van der Waals surface area contributed by atoms with Gasteiger partial charge in [-0.1, -0.05) is 18.2 Å². The summed E-state index contributed by atoms with van der Waals surface area (Å²) in [5.74, 6) is 0.301. The zero-order valence-corrected chi connectivity index (χ0v) is 8.68. The van der Waals surface area contributed by atoms with Crippen molar-refractivity contribution in [2.45, 2.75) is 0 Å². The van der Waals surface area contributed by atoms with E-state index in [9.17, 15) is 9.90 Å². The lowest BCUT2D eigenvalue weighted by Gasteiger charge is -1.95. The molecule has 0 aliphatic carbocycles. The third kappa shape index (κ3) is 1.67. The summed E-state index contributed by atoms with van der Waals surface area (Å²) in [6.07, 6.45) is 0. The van der Waals surface area contributed by atoms with Crippen molar-refractivity contribution < 1.29 is 9.52 Å². The first-order valence-electron chi connectivity index (χ1n) is 5.02. The number of H-pyrrole nitrogens is 1. The first-order chi connectivity index (χ1) is 8.22. The molecule has 0 fully saturated rings. The van der Waals surface area contributed by atoms with Crippen molar-refractivity contribution in [3.63, 3.8) is 0 Å². The lowest BCUT2D eigenvalue weighted by Crippen LogP contribution is -2.06. The molecule has 3 aromatic rings. The van der Waals surface area contributed by atoms with Gasteiger partial charge in [-0.05, 0) is 12.1 Å². The van der Waals surface area contributed by atoms with E-state index in [-0.39, 0.29) is 11.7 Å². The highest BCUT2D eigenvalue weighted by molar-refractivity contribution is 5.81. The van der Waals surface area contributed by atoms with Crippen LogP contribution in [0.3, 0.4) is 0 Å². The highest BCUT2D eigenvalue weighted by atomic mass is 16.3. The third-order valence-corrected chi connectivity index (χ3v) is 2.39. The topological polar surface area (TPSA) is 79.1 Å². The summed E-state index contributed by atoms with van der Waals surface area (Å²) in [5, 5.41) is 10.2. The Hall–Kier alpha value is -2.56. The van der Waals surface area contributed by atoms with Crippen LogP contribution >= 0.6 is 0 Å². The molecule has 0 saturated heterocycles. The van der Waals surface area contributed by atoms with Crippen LogP contribution in [0, 0.1) is 0 Å². The molecule has 0 bridgehead atoms. The van der Waals surface area contributed by atoms with Crippen molar-refractivity contribution in [1.29, 1.82) is 0 Å². The van der Waals surface area contributed by atoms with E-state index >= 15 is 0 Å². The molecular weight excluding hydrogens is 220 g/mol. The van der Waals surface area contributed by atoms with E-state index < -0.39 is 5.56 Å². The van der Waals surface area contributed by atoms with Crippen LogP contribution in [-0.4, -0.2) is 15.1 Å². The van der Waals surface area contributed by atoms with Gasteiger partial charge in [0.1, 0.15) is 5.58 Å². The molecule has 0 spiro atoms. The first-order valence-corrected chi connectivity index (χ1v) is 5.02. The van der Waals surface area contributed by atoms with Gasteiger partial charge in [0.25, 0.3) is 5.56 Å². The molecule has 2 N–H and O–H groups in total. The Morgan fingerprint density at radius 1 is 1.24 bits per heavy atom. The molecule has 0 unspecified atom stereocenters. The summed E-state index contributed by atoms with van der Waals surface area (Å²) in [4.78, 5) is 17.5. The van der Waals surface area contributed by atoms with Crippen molar-refractivity contribution in [3.8, 4) is 17.5 Å². The minimum atomic E-state index is -0.423. The van der Waals surface area contributed by atoms with E-state index in [1.54, 1.807) is 6.07 Å². The maximum Gasteiger partial charge on any atom is 0.255 e. The van der Waals surface area contributed by atoms with E-state index in [0.29, 0.717) is 11.3 Å². The predicted molar refractivity (Wildman–Crippen MR) is 61.7 cm³/mol. The van der Waals surface area contributed by atoms with Gasteiger partial charge in [0.15, 0.2) is 11.6 Å². The maximum absolute atomic E-state index is 11.2. The van der Waals surface area contributed by atoms with Crippen LogP contribution in [0.25, 0.3) is 22.6 Å². The van der Waals surface area contributed by atoms with Gasteiger partial charge in [0.2, 0.25) is 5.88 Å². The van der Waals surface area contributed by atoms with E-state index in [1.165, 1.54) is 0 Å². The summed E-state index contributed by atoms with van der Waals surface area (Å²) >= 11 is 0. The first kappa shape index (κ1) is 9.65. The molecule has 2 heterocycles. The highest BCUT2D eigenvalue weighted by Gasteiger charge is 2.09. The molecule has 1 aromatic carbocycles. The van der Waals surface area contributed by atoms with Crippen LogP contribution in [0.1, 0.15) is 0 Å². The number of aromatic amines is 1. The van der Waals surface area contributed by atoms with Gasteiger partial charge in [-0.3, -0.25) is 4.79 Å². The Bertz CT molecular complexity index is 710. The smallest absolute Gasteiger partial charge is 0.255 e. The molecule has 2 aromatic heterocycles. The van der Waals surface area contributed by atoms with Gasteiger partial charge < -0.3 is 14.5 Å². The highest BCUT2D eigenvalue weighted by Crippen LogP contribution is 2.25. The second kappa shape index (κ2) is 3.48. The van der Waals surface area contributed by atoms with Gasteiger partial charge in [-0.15, -0.1) is 0 Å². The monoisotopic (exact) mass is 228 g/mol. The molecule has 5 nitrogen and oxygen atoms in total. The fourth-order valence-corrected chi connectivity index (χ4v) is 1.66. The molecule has 0 atom stereocenters. The fraction of sp³-hybridized carbons (Fsp3) is 0. The van der Waals surface area contributed by atoms with Crippen molar-refractivity contribution in [3.05, 3.63) is 46.8 Å². The average molecular weight is 228 g/mol. The van der Waals surface area contributed by atoms with E-state index in [1.807, 2.05) is 24.3 Å². The number of hydrogen-bond acceptors (Lipinski definition) is 4. The summed E-state index contributed by atoms with van der Waals surface area (Å²) in [7, 11) is 0. The summed E-state index contributed by atoms with van der Waals surface area (Å²) in [5.41, 5.74) is 0.279. The molecule has 5 heteroatoms. The second-order valence-electron chi connectivity index (χ2n) is 3.60. The SMILES string of the molecule is O=c1cc(O)nc(-c2cc3ccccc3o2)[nH]1. The predicted octanol–water partition coefficient (Wildman–Crippen LogP) is 1.89. The third-order valence-electron chi connectivity index (χ3n) is 2.39. The Morgan fingerprint density at radius 2 is 2.06 bits per heavy atom. The summed E-state index contributed by atoms with van der Waals surface area (Å²) in [6, 6.07) is 10.2. The number of nitrogens with one attached hydrogen (secondary N) is 1. The van der Waals surface area contributed by atoms with Crippen molar-refractivity contribution >= 4 is 11.0 Å². The van der Waals surface area contributed by atoms with Crippen LogP contribution in [0.2, 0.25) is 0 Å². The Morgan fingerprint density at radius 3 is 2.82 bits per heavy atom. The number of furan rings is 1. The molecular formula is C12H8N2O3. The number of fused-ring (bicyclic) bond motifs is 1. The minimum absolute atomic E-state index is 0.214. The van der Waals surface area contributed by atoms with E-state index in [0.717, 1.165) is 11.5 Å². The van der Waals surface area contributed by atoms with Crippen LogP contribution in [0.5, 0.6) is 5.88 Å². The molecule has 0 radical (unpaired) electrons. The molecule has 0 aliphatic heterocycles. The number of benzene rings is 1. The molecule has 0 saturated carbocycles. The van der Waals surface area contributed by atoms with Crippen LogP contribution in [0.15, 0.2) is 45.6 Å². The van der Waals surface area contributed by atoms with Gasteiger partial charge in [0.05, 0.1) is 6.07 Å². The largest absolute Gasteiger partial charge is 0.493 e. The van der Waals surface area contributed by atoms with Crippen molar-refractivity contribution in [2.24, 2.45) is 0 Å². The van der Waals surface area contributed by atoms with Crippen LogP contribution in [0.4, 0.5) is 0 Å². The van der Waals surface area contributed by atoms with Crippen molar-refractivity contribution in [2.75, 3.05) is 0 Å². The lowest BCUT2D eigenvalue weighted by atomic mass is 10.2. The van der Waals surface area contributed by atoms with Crippen LogP contribution in [-0.2, 0) is 0 Å². The maximum atomic E-state index is 11.2. The van der Waals surface area contributed by atoms with Crippen LogP contribution < -0.4 is 5.56 Å². The number of nitrogens with zero attached hydrogens (tertiary/aromatic N) is 1. The molecule has 84 valence electrons.